The van der Waals surface area contributed by atoms with Crippen molar-refractivity contribution in [1.82, 2.24) is 0 Å². The van der Waals surface area contributed by atoms with Crippen LogP contribution in [0, 0.1) is 0 Å². The quantitative estimate of drug-likeness (QED) is 0.690. The van der Waals surface area contributed by atoms with E-state index in [9.17, 15) is 4.79 Å². The van der Waals surface area contributed by atoms with Gasteiger partial charge in [-0.1, -0.05) is 45.0 Å². The molecule has 1 radical (unpaired) electrons. The Morgan fingerprint density at radius 1 is 1.31 bits per heavy atom. The first kappa shape index (κ1) is 9.97. The van der Waals surface area contributed by atoms with Crippen molar-refractivity contribution in [3.63, 3.8) is 0 Å². The zero-order valence-corrected chi connectivity index (χ0v) is 8.42. The summed E-state index contributed by atoms with van der Waals surface area (Å²) in [5, 5.41) is 0. The molecular weight excluding hydrogens is 160 g/mol. The molecule has 0 bridgehead atoms. The zero-order chi connectivity index (χ0) is 9.90. The first-order valence-corrected chi connectivity index (χ1v) is 4.59. The summed E-state index contributed by atoms with van der Waals surface area (Å²) in [5.41, 5.74) is 1.84. The minimum atomic E-state index is 0.0635. The highest BCUT2D eigenvalue weighted by Gasteiger charge is 2.20. The van der Waals surface area contributed by atoms with Crippen molar-refractivity contribution in [3.05, 3.63) is 35.4 Å². The van der Waals surface area contributed by atoms with Gasteiger partial charge in [0.1, 0.15) is 0 Å². The van der Waals surface area contributed by atoms with E-state index in [2.05, 4.69) is 20.8 Å². The predicted octanol–water partition coefficient (Wildman–Crippen LogP) is 2.83. The zero-order valence-electron chi connectivity index (χ0n) is 8.42. The van der Waals surface area contributed by atoms with Crippen LogP contribution in [0.5, 0.6) is 0 Å². The fourth-order valence-corrected chi connectivity index (χ4v) is 1.35. The van der Waals surface area contributed by atoms with E-state index in [1.54, 1.807) is 0 Å². The second-order valence-corrected chi connectivity index (χ2v) is 3.89. The second-order valence-electron chi connectivity index (χ2n) is 3.89. The average Bonchev–Trinajstić information content (AvgIpc) is 2.18. The summed E-state index contributed by atoms with van der Waals surface area (Å²) in [6.45, 7) is 6.41. The lowest BCUT2D eigenvalue weighted by Gasteiger charge is -2.24. The maximum Gasteiger partial charge on any atom is 0.233 e. The summed E-state index contributed by atoms with van der Waals surface area (Å²) in [5.74, 6) is 0. The Kier molecular flexibility index (Phi) is 2.86. The Labute approximate surface area is 79.8 Å². The van der Waals surface area contributed by atoms with Gasteiger partial charge in [-0.05, 0) is 17.4 Å². The van der Waals surface area contributed by atoms with Crippen LogP contribution in [0.2, 0.25) is 0 Å². The molecule has 0 aliphatic carbocycles. The smallest absolute Gasteiger partial charge is 0.233 e. The van der Waals surface area contributed by atoms with Gasteiger partial charge in [-0.15, -0.1) is 0 Å². The first-order chi connectivity index (χ1) is 6.11. The molecule has 0 amide bonds. The van der Waals surface area contributed by atoms with E-state index >= 15 is 0 Å². The van der Waals surface area contributed by atoms with Crippen molar-refractivity contribution < 1.29 is 4.79 Å². The van der Waals surface area contributed by atoms with Crippen molar-refractivity contribution in [3.8, 4) is 0 Å². The van der Waals surface area contributed by atoms with Gasteiger partial charge in [0.05, 0.1) is 0 Å². The molecule has 0 saturated carbocycles. The Balaban J connectivity index is 3.20. The molecule has 1 aromatic carbocycles. The van der Waals surface area contributed by atoms with Gasteiger partial charge in [-0.2, -0.15) is 0 Å². The summed E-state index contributed by atoms with van der Waals surface area (Å²) in [6, 6.07) is 7.66. The molecule has 0 aromatic heterocycles. The van der Waals surface area contributed by atoms with Gasteiger partial charge in [0.25, 0.3) is 0 Å². The van der Waals surface area contributed by atoms with Gasteiger partial charge in [0.2, 0.25) is 6.29 Å². The van der Waals surface area contributed by atoms with E-state index < -0.39 is 0 Å². The van der Waals surface area contributed by atoms with Gasteiger partial charge in [-0.25, -0.2) is 0 Å². The topological polar surface area (TPSA) is 17.1 Å². The molecule has 0 aliphatic rings. The lowest BCUT2D eigenvalue weighted by molar-refractivity contribution is 0.503. The Morgan fingerprint density at radius 2 is 1.92 bits per heavy atom. The van der Waals surface area contributed by atoms with Crippen molar-refractivity contribution in [2.45, 2.75) is 32.6 Å². The standard InChI is InChI=1S/C12H15O/c1-4-12(2,3)11-8-6-5-7-10(11)9-13/h5-8H,4H2,1-3H3. The molecule has 1 rings (SSSR count). The van der Waals surface area contributed by atoms with Crippen LogP contribution in [0.4, 0.5) is 0 Å². The van der Waals surface area contributed by atoms with Gasteiger partial charge in [-0.3, -0.25) is 4.79 Å². The molecule has 0 unspecified atom stereocenters. The van der Waals surface area contributed by atoms with E-state index in [-0.39, 0.29) is 5.41 Å². The van der Waals surface area contributed by atoms with Crippen LogP contribution in [-0.4, -0.2) is 6.29 Å². The minimum absolute atomic E-state index is 0.0635. The molecule has 1 aromatic rings. The molecule has 0 atom stereocenters. The lowest BCUT2D eigenvalue weighted by Crippen LogP contribution is -2.17. The van der Waals surface area contributed by atoms with E-state index in [0.717, 1.165) is 12.0 Å². The summed E-state index contributed by atoms with van der Waals surface area (Å²) >= 11 is 0. The average molecular weight is 175 g/mol. The van der Waals surface area contributed by atoms with Crippen molar-refractivity contribution in [2.75, 3.05) is 0 Å². The van der Waals surface area contributed by atoms with Gasteiger partial charge >= 0.3 is 0 Å². The second kappa shape index (κ2) is 3.73. The van der Waals surface area contributed by atoms with Crippen LogP contribution in [0.15, 0.2) is 24.3 Å². The number of benzene rings is 1. The van der Waals surface area contributed by atoms with E-state index in [4.69, 9.17) is 0 Å². The van der Waals surface area contributed by atoms with Crippen LogP contribution in [0.25, 0.3) is 0 Å². The fourth-order valence-electron chi connectivity index (χ4n) is 1.35. The number of carbonyl (C=O) groups excluding carboxylic acids is 1. The molecule has 0 saturated heterocycles. The monoisotopic (exact) mass is 175 g/mol. The Hall–Kier alpha value is -1.11. The molecule has 0 spiro atoms. The van der Waals surface area contributed by atoms with Crippen molar-refractivity contribution in [1.29, 1.82) is 0 Å². The number of rotatable bonds is 3. The molecule has 0 heterocycles. The third-order valence-corrected chi connectivity index (χ3v) is 2.65. The van der Waals surface area contributed by atoms with Crippen LogP contribution in [0.3, 0.4) is 0 Å². The SMILES string of the molecule is CCC(C)(C)c1ccccc1[C]=O. The minimum Gasteiger partial charge on any atom is -0.285 e. The first-order valence-electron chi connectivity index (χ1n) is 4.59. The van der Waals surface area contributed by atoms with E-state index in [1.165, 1.54) is 0 Å². The third kappa shape index (κ3) is 1.97. The normalized spacial score (nSPS) is 11.3. The van der Waals surface area contributed by atoms with Crippen LogP contribution >= 0.6 is 0 Å². The molecule has 1 nitrogen and oxygen atoms in total. The lowest BCUT2D eigenvalue weighted by atomic mass is 9.80. The molecule has 13 heavy (non-hydrogen) atoms. The van der Waals surface area contributed by atoms with Gasteiger partial charge in [0.15, 0.2) is 0 Å². The predicted molar refractivity (Wildman–Crippen MR) is 54.6 cm³/mol. The highest BCUT2D eigenvalue weighted by Crippen LogP contribution is 2.28. The third-order valence-electron chi connectivity index (χ3n) is 2.65. The largest absolute Gasteiger partial charge is 0.285 e. The van der Waals surface area contributed by atoms with Crippen LogP contribution in [-0.2, 0) is 10.2 Å². The Bertz CT molecular complexity index is 300. The van der Waals surface area contributed by atoms with E-state index in [0.29, 0.717) is 5.56 Å². The highest BCUT2D eigenvalue weighted by molar-refractivity contribution is 5.78. The van der Waals surface area contributed by atoms with Crippen molar-refractivity contribution >= 4 is 6.29 Å². The molecule has 69 valence electrons. The number of hydrogen-bond donors (Lipinski definition) is 0. The fraction of sp³-hybridized carbons (Fsp3) is 0.417. The molecular formula is C12H15O. The molecule has 0 N–H and O–H groups in total. The highest BCUT2D eigenvalue weighted by atomic mass is 16.1. The van der Waals surface area contributed by atoms with Crippen LogP contribution < -0.4 is 0 Å². The summed E-state index contributed by atoms with van der Waals surface area (Å²) < 4.78 is 0. The maximum absolute atomic E-state index is 10.7. The summed E-state index contributed by atoms with van der Waals surface area (Å²) in [6.07, 6.45) is 3.01. The molecule has 0 aliphatic heterocycles. The summed E-state index contributed by atoms with van der Waals surface area (Å²) in [4.78, 5) is 10.7. The molecule has 0 fully saturated rings. The molecule has 1 heteroatoms. The van der Waals surface area contributed by atoms with Crippen LogP contribution in [0.1, 0.15) is 38.3 Å². The van der Waals surface area contributed by atoms with E-state index in [1.807, 2.05) is 30.6 Å². The van der Waals surface area contributed by atoms with Crippen molar-refractivity contribution in [2.24, 2.45) is 0 Å². The van der Waals surface area contributed by atoms with Gasteiger partial charge < -0.3 is 0 Å². The Morgan fingerprint density at radius 3 is 2.46 bits per heavy atom. The maximum atomic E-state index is 10.7. The van der Waals surface area contributed by atoms with Gasteiger partial charge in [0, 0.05) is 5.56 Å². The summed E-state index contributed by atoms with van der Waals surface area (Å²) in [7, 11) is 0. The number of hydrogen-bond acceptors (Lipinski definition) is 1.